The van der Waals surface area contributed by atoms with E-state index in [9.17, 15) is 0 Å². The van der Waals surface area contributed by atoms with Crippen LogP contribution in [0, 0.1) is 13.8 Å². The third-order valence-corrected chi connectivity index (χ3v) is 2.69. The molecule has 0 aromatic heterocycles. The van der Waals surface area contributed by atoms with Crippen LogP contribution in [0.5, 0.6) is 0 Å². The summed E-state index contributed by atoms with van der Waals surface area (Å²) < 4.78 is 0. The van der Waals surface area contributed by atoms with E-state index in [2.05, 4.69) is 75.9 Å². The summed E-state index contributed by atoms with van der Waals surface area (Å²) in [7, 11) is 0. The van der Waals surface area contributed by atoms with Gasteiger partial charge >= 0.3 is 0 Å². The lowest BCUT2D eigenvalue weighted by molar-refractivity contribution is 1.23. The van der Waals surface area contributed by atoms with Crippen molar-refractivity contribution < 1.29 is 0 Å². The SMILES string of the molecule is C.C=CCC.Cc1ccc(-c2cccc(C)c2)cc1. The van der Waals surface area contributed by atoms with Crippen molar-refractivity contribution in [3.63, 3.8) is 0 Å². The largest absolute Gasteiger partial charge is 0.103 e. The lowest BCUT2D eigenvalue weighted by Gasteiger charge is -2.02. The van der Waals surface area contributed by atoms with Crippen LogP contribution >= 0.6 is 0 Å². The first-order chi connectivity index (χ1) is 8.67. The van der Waals surface area contributed by atoms with Gasteiger partial charge in [0, 0.05) is 0 Å². The van der Waals surface area contributed by atoms with Crippen LogP contribution in [0.1, 0.15) is 31.9 Å². The van der Waals surface area contributed by atoms with Crippen molar-refractivity contribution in [3.05, 3.63) is 72.3 Å². The van der Waals surface area contributed by atoms with Crippen molar-refractivity contribution in [1.82, 2.24) is 0 Å². The predicted molar refractivity (Wildman–Crippen MR) is 88.6 cm³/mol. The van der Waals surface area contributed by atoms with Crippen LogP contribution in [-0.4, -0.2) is 0 Å². The van der Waals surface area contributed by atoms with Crippen LogP contribution in [0.4, 0.5) is 0 Å². The Bertz CT molecular complexity index is 478. The van der Waals surface area contributed by atoms with Gasteiger partial charge in [0.15, 0.2) is 0 Å². The minimum atomic E-state index is 0. The molecule has 0 unspecified atom stereocenters. The molecule has 0 heterocycles. The smallest absolute Gasteiger partial charge is 0.0181 e. The van der Waals surface area contributed by atoms with Crippen molar-refractivity contribution in [2.24, 2.45) is 0 Å². The van der Waals surface area contributed by atoms with E-state index < -0.39 is 0 Å². The summed E-state index contributed by atoms with van der Waals surface area (Å²) in [5.41, 5.74) is 5.20. The molecule has 0 nitrogen and oxygen atoms in total. The second-order valence-corrected chi connectivity index (χ2v) is 4.43. The van der Waals surface area contributed by atoms with Crippen LogP contribution in [-0.2, 0) is 0 Å². The van der Waals surface area contributed by atoms with E-state index in [0.717, 1.165) is 6.42 Å². The molecule has 102 valence electrons. The number of rotatable bonds is 2. The maximum absolute atomic E-state index is 3.48. The average molecular weight is 254 g/mol. The molecule has 0 N–H and O–H groups in total. The fraction of sp³-hybridized carbons (Fsp3) is 0.263. The summed E-state index contributed by atoms with van der Waals surface area (Å²) in [5, 5.41) is 0. The van der Waals surface area contributed by atoms with Gasteiger partial charge in [0.1, 0.15) is 0 Å². The Hall–Kier alpha value is -1.82. The maximum Gasteiger partial charge on any atom is -0.0181 e. The van der Waals surface area contributed by atoms with Crippen molar-refractivity contribution in [2.75, 3.05) is 0 Å². The summed E-state index contributed by atoms with van der Waals surface area (Å²) in [6.07, 6.45) is 2.96. The van der Waals surface area contributed by atoms with Gasteiger partial charge in [-0.2, -0.15) is 0 Å². The minimum absolute atomic E-state index is 0. The number of aryl methyl sites for hydroxylation is 2. The van der Waals surface area contributed by atoms with Gasteiger partial charge in [-0.05, 0) is 31.4 Å². The monoisotopic (exact) mass is 254 g/mol. The molecule has 0 radical (unpaired) electrons. The van der Waals surface area contributed by atoms with Crippen molar-refractivity contribution in [3.8, 4) is 11.1 Å². The third-order valence-electron chi connectivity index (χ3n) is 2.69. The van der Waals surface area contributed by atoms with E-state index in [0.29, 0.717) is 0 Å². The van der Waals surface area contributed by atoms with E-state index in [1.165, 1.54) is 22.3 Å². The summed E-state index contributed by atoms with van der Waals surface area (Å²) in [6, 6.07) is 17.2. The van der Waals surface area contributed by atoms with E-state index in [1.807, 2.05) is 6.08 Å². The normalized spacial score (nSPS) is 8.79. The Kier molecular flexibility index (Phi) is 8.28. The molecule has 0 heteroatoms. The first-order valence-electron chi connectivity index (χ1n) is 6.42. The van der Waals surface area contributed by atoms with Gasteiger partial charge in [0.25, 0.3) is 0 Å². The van der Waals surface area contributed by atoms with Gasteiger partial charge in [-0.3, -0.25) is 0 Å². The van der Waals surface area contributed by atoms with Crippen LogP contribution in [0.15, 0.2) is 61.2 Å². The van der Waals surface area contributed by atoms with Gasteiger partial charge in [-0.1, -0.05) is 80.1 Å². The molecule has 0 fully saturated rings. The fourth-order valence-electron chi connectivity index (χ4n) is 1.57. The molecule has 19 heavy (non-hydrogen) atoms. The Morgan fingerprint density at radius 1 is 0.895 bits per heavy atom. The zero-order chi connectivity index (χ0) is 13.4. The molecule has 0 saturated heterocycles. The Morgan fingerprint density at radius 2 is 1.47 bits per heavy atom. The molecular formula is C19H26. The van der Waals surface area contributed by atoms with Gasteiger partial charge in [0.05, 0.1) is 0 Å². The second-order valence-electron chi connectivity index (χ2n) is 4.43. The molecule has 0 aliphatic heterocycles. The Morgan fingerprint density at radius 3 is 1.95 bits per heavy atom. The summed E-state index contributed by atoms with van der Waals surface area (Å²) in [4.78, 5) is 0. The maximum atomic E-state index is 3.48. The third kappa shape index (κ3) is 6.05. The molecule has 2 aromatic carbocycles. The summed E-state index contributed by atoms with van der Waals surface area (Å²) >= 11 is 0. The Labute approximate surface area is 118 Å². The highest BCUT2D eigenvalue weighted by molar-refractivity contribution is 5.64. The quantitative estimate of drug-likeness (QED) is 0.561. The van der Waals surface area contributed by atoms with Crippen molar-refractivity contribution >= 4 is 0 Å². The lowest BCUT2D eigenvalue weighted by Crippen LogP contribution is -1.79. The molecule has 0 spiro atoms. The highest BCUT2D eigenvalue weighted by Gasteiger charge is 1.96. The minimum Gasteiger partial charge on any atom is -0.103 e. The standard InChI is InChI=1S/C14H14.C4H8.CH4/c1-11-6-8-13(9-7-11)14-5-3-4-12(2)10-14;1-3-4-2;/h3-10H,1-2H3;3H,1,4H2,2H3;1H4. The zero-order valence-electron chi connectivity index (χ0n) is 11.6. The highest BCUT2D eigenvalue weighted by Crippen LogP contribution is 2.20. The highest BCUT2D eigenvalue weighted by atomic mass is 14.0. The van der Waals surface area contributed by atoms with E-state index in [1.54, 1.807) is 0 Å². The van der Waals surface area contributed by atoms with Crippen molar-refractivity contribution in [1.29, 1.82) is 0 Å². The van der Waals surface area contributed by atoms with Gasteiger partial charge in [-0.15, -0.1) is 6.58 Å². The van der Waals surface area contributed by atoms with Crippen LogP contribution in [0.2, 0.25) is 0 Å². The predicted octanol–water partition coefficient (Wildman–Crippen LogP) is 6.19. The van der Waals surface area contributed by atoms with E-state index in [4.69, 9.17) is 0 Å². The fourth-order valence-corrected chi connectivity index (χ4v) is 1.57. The number of allylic oxidation sites excluding steroid dienone is 1. The molecule has 0 bridgehead atoms. The van der Waals surface area contributed by atoms with Gasteiger partial charge in [0.2, 0.25) is 0 Å². The lowest BCUT2D eigenvalue weighted by atomic mass is 10.0. The molecular weight excluding hydrogens is 228 g/mol. The van der Waals surface area contributed by atoms with Crippen LogP contribution in [0.25, 0.3) is 11.1 Å². The zero-order valence-corrected chi connectivity index (χ0v) is 11.6. The topological polar surface area (TPSA) is 0 Å². The molecule has 0 amide bonds. The van der Waals surface area contributed by atoms with Crippen molar-refractivity contribution in [2.45, 2.75) is 34.6 Å². The first kappa shape index (κ1) is 17.2. The van der Waals surface area contributed by atoms with Gasteiger partial charge in [-0.25, -0.2) is 0 Å². The molecule has 0 aliphatic rings. The van der Waals surface area contributed by atoms with E-state index in [-0.39, 0.29) is 7.43 Å². The average Bonchev–Trinajstić information content (AvgIpc) is 2.40. The summed E-state index contributed by atoms with van der Waals surface area (Å²) in [5.74, 6) is 0. The molecule has 0 atom stereocenters. The molecule has 0 aliphatic carbocycles. The number of hydrogen-bond acceptors (Lipinski definition) is 0. The van der Waals surface area contributed by atoms with E-state index >= 15 is 0 Å². The first-order valence-corrected chi connectivity index (χ1v) is 6.42. The summed E-state index contributed by atoms with van der Waals surface area (Å²) in [6.45, 7) is 9.78. The molecule has 0 saturated carbocycles. The van der Waals surface area contributed by atoms with Crippen LogP contribution < -0.4 is 0 Å². The van der Waals surface area contributed by atoms with Crippen LogP contribution in [0.3, 0.4) is 0 Å². The second kappa shape index (κ2) is 9.16. The Balaban J connectivity index is 0.000000576. The number of hydrogen-bond donors (Lipinski definition) is 0. The molecule has 2 rings (SSSR count). The van der Waals surface area contributed by atoms with Gasteiger partial charge < -0.3 is 0 Å². The molecule has 2 aromatic rings. The number of benzene rings is 2.